The van der Waals surface area contributed by atoms with E-state index in [9.17, 15) is 0 Å². The molecule has 0 aromatic carbocycles. The Labute approximate surface area is 88.8 Å². The zero-order chi connectivity index (χ0) is 10.8. The van der Waals surface area contributed by atoms with E-state index < -0.39 is 0 Å². The lowest BCUT2D eigenvalue weighted by Crippen LogP contribution is -2.05. The average Bonchev–Trinajstić information content (AvgIpc) is 2.48. The molecule has 0 fully saturated rings. The smallest absolute Gasteiger partial charge is 0.0835 e. The molecular formula is C11H14N4. The van der Waals surface area contributed by atoms with E-state index in [2.05, 4.69) is 10.1 Å². The minimum atomic E-state index is 0.671. The fourth-order valence-corrected chi connectivity index (χ4v) is 1.51. The molecular weight excluding hydrogens is 188 g/mol. The number of nitrogen functional groups attached to an aromatic ring is 1. The topological polar surface area (TPSA) is 56.7 Å². The van der Waals surface area contributed by atoms with E-state index in [-0.39, 0.29) is 0 Å². The monoisotopic (exact) mass is 202 g/mol. The molecule has 0 atom stereocenters. The van der Waals surface area contributed by atoms with Gasteiger partial charge in [0.05, 0.1) is 29.3 Å². The minimum absolute atomic E-state index is 0.671. The number of rotatable bonds is 2. The Morgan fingerprint density at radius 2 is 2.13 bits per heavy atom. The van der Waals surface area contributed by atoms with Gasteiger partial charge in [0.25, 0.3) is 0 Å². The molecule has 4 heteroatoms. The summed E-state index contributed by atoms with van der Waals surface area (Å²) in [6, 6.07) is 5.85. The van der Waals surface area contributed by atoms with E-state index in [0.717, 1.165) is 22.8 Å². The fraction of sp³-hybridized carbons (Fsp3) is 0.273. The molecule has 2 aromatic heterocycles. The first-order valence-corrected chi connectivity index (χ1v) is 4.88. The molecule has 0 bridgehead atoms. The summed E-state index contributed by atoms with van der Waals surface area (Å²) in [5.74, 6) is 0. The zero-order valence-corrected chi connectivity index (χ0v) is 8.94. The van der Waals surface area contributed by atoms with Crippen molar-refractivity contribution < 1.29 is 0 Å². The number of anilines is 1. The van der Waals surface area contributed by atoms with E-state index in [1.165, 1.54) is 0 Å². The number of aromatic nitrogens is 3. The molecule has 4 nitrogen and oxygen atoms in total. The quantitative estimate of drug-likeness (QED) is 0.803. The van der Waals surface area contributed by atoms with Crippen LogP contribution < -0.4 is 5.73 Å². The van der Waals surface area contributed by atoms with Gasteiger partial charge in [0, 0.05) is 6.20 Å². The van der Waals surface area contributed by atoms with Crippen LogP contribution in [-0.2, 0) is 6.54 Å². The van der Waals surface area contributed by atoms with Gasteiger partial charge in [-0.1, -0.05) is 6.07 Å². The summed E-state index contributed by atoms with van der Waals surface area (Å²) in [5.41, 5.74) is 9.49. The minimum Gasteiger partial charge on any atom is -0.396 e. The van der Waals surface area contributed by atoms with Crippen LogP contribution in [0.25, 0.3) is 0 Å². The number of pyridine rings is 1. The van der Waals surface area contributed by atoms with Crippen molar-refractivity contribution in [3.05, 3.63) is 41.5 Å². The Bertz CT molecular complexity index is 459. The number of nitrogens with zero attached hydrogens (tertiary/aromatic N) is 3. The first kappa shape index (κ1) is 9.71. The van der Waals surface area contributed by atoms with Crippen LogP contribution in [0.4, 0.5) is 5.69 Å². The summed E-state index contributed by atoms with van der Waals surface area (Å²) in [6.45, 7) is 4.56. The van der Waals surface area contributed by atoms with Crippen molar-refractivity contribution >= 4 is 5.69 Å². The molecule has 2 aromatic rings. The second-order valence-electron chi connectivity index (χ2n) is 3.56. The zero-order valence-electron chi connectivity index (χ0n) is 8.94. The predicted molar refractivity (Wildman–Crippen MR) is 59.5 cm³/mol. The van der Waals surface area contributed by atoms with Gasteiger partial charge in [-0.05, 0) is 26.0 Å². The molecule has 0 aliphatic rings. The summed E-state index contributed by atoms with van der Waals surface area (Å²) in [7, 11) is 0. The van der Waals surface area contributed by atoms with Crippen LogP contribution in [-0.4, -0.2) is 14.8 Å². The summed E-state index contributed by atoms with van der Waals surface area (Å²) in [5, 5.41) is 4.36. The largest absolute Gasteiger partial charge is 0.396 e. The van der Waals surface area contributed by atoms with Gasteiger partial charge in [0.1, 0.15) is 0 Å². The Balaban J connectivity index is 2.29. The molecule has 0 aliphatic heterocycles. The van der Waals surface area contributed by atoms with Gasteiger partial charge < -0.3 is 5.73 Å². The Morgan fingerprint density at radius 1 is 1.33 bits per heavy atom. The van der Waals surface area contributed by atoms with Gasteiger partial charge >= 0.3 is 0 Å². The fourth-order valence-electron chi connectivity index (χ4n) is 1.51. The third-order valence-electron chi connectivity index (χ3n) is 2.48. The number of aryl methyl sites for hydroxylation is 1. The van der Waals surface area contributed by atoms with Gasteiger partial charge in [0.15, 0.2) is 0 Å². The summed E-state index contributed by atoms with van der Waals surface area (Å²) in [6.07, 6.45) is 1.78. The van der Waals surface area contributed by atoms with Gasteiger partial charge in [-0.3, -0.25) is 9.67 Å². The van der Waals surface area contributed by atoms with Gasteiger partial charge in [0.2, 0.25) is 0 Å². The first-order valence-electron chi connectivity index (χ1n) is 4.88. The van der Waals surface area contributed by atoms with E-state index >= 15 is 0 Å². The van der Waals surface area contributed by atoms with Crippen LogP contribution in [0.3, 0.4) is 0 Å². The molecule has 2 heterocycles. The number of hydrogen-bond acceptors (Lipinski definition) is 3. The van der Waals surface area contributed by atoms with Crippen LogP contribution in [0.5, 0.6) is 0 Å². The van der Waals surface area contributed by atoms with Crippen molar-refractivity contribution in [1.29, 1.82) is 0 Å². The molecule has 0 saturated carbocycles. The molecule has 0 saturated heterocycles. The lowest BCUT2D eigenvalue weighted by molar-refractivity contribution is 0.647. The SMILES string of the molecule is Cc1nn(Cc2ccccn2)c(C)c1N. The van der Waals surface area contributed by atoms with Gasteiger partial charge in [-0.15, -0.1) is 0 Å². The standard InChI is InChI=1S/C11H14N4/c1-8-11(12)9(2)15(14-8)7-10-5-3-4-6-13-10/h3-6H,7,12H2,1-2H3. The van der Waals surface area contributed by atoms with Crippen LogP contribution in [0, 0.1) is 13.8 Å². The maximum Gasteiger partial charge on any atom is 0.0835 e. The van der Waals surface area contributed by atoms with Crippen molar-refractivity contribution in [3.63, 3.8) is 0 Å². The molecule has 2 N–H and O–H groups in total. The third kappa shape index (κ3) is 1.83. The lowest BCUT2D eigenvalue weighted by atomic mass is 10.3. The Morgan fingerprint density at radius 3 is 2.67 bits per heavy atom. The lowest BCUT2D eigenvalue weighted by Gasteiger charge is -2.03. The molecule has 2 rings (SSSR count). The summed E-state index contributed by atoms with van der Waals surface area (Å²) >= 11 is 0. The highest BCUT2D eigenvalue weighted by Crippen LogP contribution is 2.15. The highest BCUT2D eigenvalue weighted by molar-refractivity contribution is 5.46. The van der Waals surface area contributed by atoms with E-state index in [4.69, 9.17) is 5.73 Å². The number of hydrogen-bond donors (Lipinski definition) is 1. The molecule has 0 spiro atoms. The summed E-state index contributed by atoms with van der Waals surface area (Å²) in [4.78, 5) is 4.25. The second-order valence-corrected chi connectivity index (χ2v) is 3.56. The molecule has 0 radical (unpaired) electrons. The van der Waals surface area contributed by atoms with Crippen LogP contribution >= 0.6 is 0 Å². The Kier molecular flexibility index (Phi) is 2.41. The average molecular weight is 202 g/mol. The van der Waals surface area contributed by atoms with Crippen LogP contribution in [0.1, 0.15) is 17.1 Å². The molecule has 0 unspecified atom stereocenters. The number of nitrogens with two attached hydrogens (primary N) is 1. The van der Waals surface area contributed by atoms with Gasteiger partial charge in [-0.2, -0.15) is 5.10 Å². The van der Waals surface area contributed by atoms with Crippen molar-refractivity contribution in [2.24, 2.45) is 0 Å². The van der Waals surface area contributed by atoms with Gasteiger partial charge in [-0.25, -0.2) is 0 Å². The highest BCUT2D eigenvalue weighted by Gasteiger charge is 2.08. The van der Waals surface area contributed by atoms with E-state index in [1.807, 2.05) is 36.7 Å². The molecule has 15 heavy (non-hydrogen) atoms. The molecule has 78 valence electrons. The van der Waals surface area contributed by atoms with Crippen molar-refractivity contribution in [2.45, 2.75) is 20.4 Å². The maximum absolute atomic E-state index is 5.85. The van der Waals surface area contributed by atoms with Crippen LogP contribution in [0.2, 0.25) is 0 Å². The van der Waals surface area contributed by atoms with Crippen molar-refractivity contribution in [2.75, 3.05) is 5.73 Å². The second kappa shape index (κ2) is 3.73. The molecule has 0 aliphatic carbocycles. The maximum atomic E-state index is 5.85. The summed E-state index contributed by atoms with van der Waals surface area (Å²) < 4.78 is 1.88. The van der Waals surface area contributed by atoms with Crippen molar-refractivity contribution in [3.8, 4) is 0 Å². The third-order valence-corrected chi connectivity index (χ3v) is 2.48. The van der Waals surface area contributed by atoms with E-state index in [1.54, 1.807) is 6.20 Å². The first-order chi connectivity index (χ1) is 7.18. The van der Waals surface area contributed by atoms with Crippen LogP contribution in [0.15, 0.2) is 24.4 Å². The predicted octanol–water partition coefficient (Wildman–Crippen LogP) is 1.53. The van der Waals surface area contributed by atoms with Crippen molar-refractivity contribution in [1.82, 2.24) is 14.8 Å². The van der Waals surface area contributed by atoms with E-state index in [0.29, 0.717) is 6.54 Å². The normalized spacial score (nSPS) is 10.5. The highest BCUT2D eigenvalue weighted by atomic mass is 15.3. The molecule has 0 amide bonds. The Hall–Kier alpha value is -1.84.